The van der Waals surface area contributed by atoms with Crippen LogP contribution >= 0.6 is 0 Å². The summed E-state index contributed by atoms with van der Waals surface area (Å²) in [5.41, 5.74) is 1.77. The van der Waals surface area contributed by atoms with E-state index in [1.165, 1.54) is 6.42 Å². The Bertz CT molecular complexity index is 411. The lowest BCUT2D eigenvalue weighted by atomic mass is 9.97. The summed E-state index contributed by atoms with van der Waals surface area (Å²) in [4.78, 5) is 0. The van der Waals surface area contributed by atoms with E-state index < -0.39 is 0 Å². The number of hydrogen-bond acceptors (Lipinski definition) is 3. The minimum absolute atomic E-state index is 0.287. The van der Waals surface area contributed by atoms with Crippen molar-refractivity contribution in [2.75, 3.05) is 13.1 Å². The van der Waals surface area contributed by atoms with E-state index in [2.05, 4.69) is 18.3 Å². The van der Waals surface area contributed by atoms with Crippen LogP contribution in [0.5, 0.6) is 0 Å². The molecule has 1 fully saturated rings. The number of nitrogens with one attached hydrogen (secondary N) is 1. The normalized spacial score (nSPS) is 24.2. The van der Waals surface area contributed by atoms with E-state index >= 15 is 0 Å². The maximum atomic E-state index is 8.82. The monoisotopic (exact) mass is 230 g/mol. The molecular weight excluding hydrogens is 212 g/mol. The Kier molecular flexibility index (Phi) is 4.13. The quantitative estimate of drug-likeness (QED) is 0.864. The fourth-order valence-corrected chi connectivity index (χ4v) is 2.12. The van der Waals surface area contributed by atoms with E-state index in [0.717, 1.165) is 18.7 Å². The summed E-state index contributed by atoms with van der Waals surface area (Å²) in [6, 6.07) is 9.75. The lowest BCUT2D eigenvalue weighted by Gasteiger charge is -2.29. The van der Waals surface area contributed by atoms with Crippen molar-refractivity contribution in [3.8, 4) is 6.07 Å². The third kappa shape index (κ3) is 3.29. The SMILES string of the molecule is CC1CCNCC1OCc1cccc(C#N)c1. The van der Waals surface area contributed by atoms with Crippen LogP contribution in [-0.2, 0) is 11.3 Å². The molecule has 1 N–H and O–H groups in total. The first-order chi connectivity index (χ1) is 8.29. The molecule has 0 aliphatic carbocycles. The van der Waals surface area contributed by atoms with E-state index in [4.69, 9.17) is 10.00 Å². The second kappa shape index (κ2) is 5.81. The molecule has 0 bridgehead atoms. The molecule has 0 radical (unpaired) electrons. The third-order valence-electron chi connectivity index (χ3n) is 3.28. The fourth-order valence-electron chi connectivity index (χ4n) is 2.12. The van der Waals surface area contributed by atoms with Crippen LogP contribution in [0.3, 0.4) is 0 Å². The molecule has 1 saturated heterocycles. The molecular formula is C14H18N2O. The smallest absolute Gasteiger partial charge is 0.0991 e. The molecule has 3 heteroatoms. The van der Waals surface area contributed by atoms with Gasteiger partial charge in [-0.05, 0) is 36.6 Å². The average molecular weight is 230 g/mol. The summed E-state index contributed by atoms with van der Waals surface area (Å²) in [5.74, 6) is 0.607. The third-order valence-corrected chi connectivity index (χ3v) is 3.28. The number of nitriles is 1. The van der Waals surface area contributed by atoms with E-state index in [1.807, 2.05) is 24.3 Å². The Labute approximate surface area is 102 Å². The van der Waals surface area contributed by atoms with Crippen molar-refractivity contribution in [3.63, 3.8) is 0 Å². The number of hydrogen-bond donors (Lipinski definition) is 1. The Morgan fingerprint density at radius 1 is 1.53 bits per heavy atom. The van der Waals surface area contributed by atoms with Crippen molar-refractivity contribution >= 4 is 0 Å². The fraction of sp³-hybridized carbons (Fsp3) is 0.500. The molecule has 1 heterocycles. The summed E-state index contributed by atoms with van der Waals surface area (Å²) in [7, 11) is 0. The average Bonchev–Trinajstić information content (AvgIpc) is 2.38. The molecule has 0 saturated carbocycles. The Hall–Kier alpha value is -1.37. The van der Waals surface area contributed by atoms with Crippen molar-refractivity contribution in [2.24, 2.45) is 5.92 Å². The van der Waals surface area contributed by atoms with Crippen molar-refractivity contribution in [3.05, 3.63) is 35.4 Å². The van der Waals surface area contributed by atoms with Gasteiger partial charge in [0.25, 0.3) is 0 Å². The highest BCUT2D eigenvalue weighted by molar-refractivity contribution is 5.32. The van der Waals surface area contributed by atoms with E-state index in [0.29, 0.717) is 18.1 Å². The number of nitrogens with zero attached hydrogens (tertiary/aromatic N) is 1. The zero-order valence-electron chi connectivity index (χ0n) is 10.1. The standard InChI is InChI=1S/C14H18N2O/c1-11-5-6-16-9-14(11)17-10-13-4-2-3-12(7-13)8-15/h2-4,7,11,14,16H,5-6,9-10H2,1H3. The predicted octanol–water partition coefficient (Wildman–Crippen LogP) is 2.07. The summed E-state index contributed by atoms with van der Waals surface area (Å²) >= 11 is 0. The highest BCUT2D eigenvalue weighted by Crippen LogP contribution is 2.16. The van der Waals surface area contributed by atoms with Gasteiger partial charge in [-0.15, -0.1) is 0 Å². The molecule has 2 unspecified atom stereocenters. The van der Waals surface area contributed by atoms with Crippen LogP contribution in [0.1, 0.15) is 24.5 Å². The summed E-state index contributed by atoms with van der Waals surface area (Å²) in [6.45, 7) is 4.84. The molecule has 0 spiro atoms. The van der Waals surface area contributed by atoms with E-state index in [1.54, 1.807) is 0 Å². The predicted molar refractivity (Wildman–Crippen MR) is 66.4 cm³/mol. The van der Waals surface area contributed by atoms with Gasteiger partial charge in [0.2, 0.25) is 0 Å². The number of rotatable bonds is 3. The second-order valence-electron chi connectivity index (χ2n) is 4.63. The molecule has 3 nitrogen and oxygen atoms in total. The molecule has 1 aliphatic rings. The van der Waals surface area contributed by atoms with Crippen LogP contribution in [0.2, 0.25) is 0 Å². The van der Waals surface area contributed by atoms with Gasteiger partial charge in [0.1, 0.15) is 0 Å². The largest absolute Gasteiger partial charge is 0.372 e. The van der Waals surface area contributed by atoms with E-state index in [-0.39, 0.29) is 6.10 Å². The first-order valence-electron chi connectivity index (χ1n) is 6.11. The highest BCUT2D eigenvalue weighted by Gasteiger charge is 2.21. The zero-order chi connectivity index (χ0) is 12.1. The minimum atomic E-state index is 0.287. The second-order valence-corrected chi connectivity index (χ2v) is 4.63. The number of benzene rings is 1. The molecule has 17 heavy (non-hydrogen) atoms. The van der Waals surface area contributed by atoms with Crippen molar-refractivity contribution in [2.45, 2.75) is 26.1 Å². The Morgan fingerprint density at radius 3 is 3.18 bits per heavy atom. The summed E-state index contributed by atoms with van der Waals surface area (Å²) in [6.07, 6.45) is 1.46. The topological polar surface area (TPSA) is 45.0 Å². The maximum absolute atomic E-state index is 8.82. The lowest BCUT2D eigenvalue weighted by Crippen LogP contribution is -2.40. The lowest BCUT2D eigenvalue weighted by molar-refractivity contribution is -0.00658. The highest BCUT2D eigenvalue weighted by atomic mass is 16.5. The minimum Gasteiger partial charge on any atom is -0.372 e. The van der Waals surface area contributed by atoms with Gasteiger partial charge in [-0.1, -0.05) is 19.1 Å². The number of piperidine rings is 1. The van der Waals surface area contributed by atoms with Crippen LogP contribution in [0.4, 0.5) is 0 Å². The van der Waals surface area contributed by atoms with Gasteiger partial charge >= 0.3 is 0 Å². The van der Waals surface area contributed by atoms with Crippen LogP contribution in [-0.4, -0.2) is 19.2 Å². The molecule has 0 amide bonds. The van der Waals surface area contributed by atoms with Gasteiger partial charge in [-0.3, -0.25) is 0 Å². The van der Waals surface area contributed by atoms with Crippen LogP contribution in [0, 0.1) is 17.2 Å². The number of ether oxygens (including phenoxy) is 1. The van der Waals surface area contributed by atoms with Gasteiger partial charge in [0.15, 0.2) is 0 Å². The van der Waals surface area contributed by atoms with Crippen molar-refractivity contribution in [1.29, 1.82) is 5.26 Å². The van der Waals surface area contributed by atoms with Crippen molar-refractivity contribution in [1.82, 2.24) is 5.32 Å². The molecule has 2 atom stereocenters. The Morgan fingerprint density at radius 2 is 2.41 bits per heavy atom. The van der Waals surface area contributed by atoms with Gasteiger partial charge < -0.3 is 10.1 Å². The van der Waals surface area contributed by atoms with E-state index in [9.17, 15) is 0 Å². The van der Waals surface area contributed by atoms with Crippen LogP contribution < -0.4 is 5.32 Å². The molecule has 90 valence electrons. The first kappa shape index (κ1) is 12.1. The van der Waals surface area contributed by atoms with Crippen molar-refractivity contribution < 1.29 is 4.74 Å². The van der Waals surface area contributed by atoms with Gasteiger partial charge in [0, 0.05) is 6.54 Å². The molecule has 1 aromatic rings. The first-order valence-corrected chi connectivity index (χ1v) is 6.11. The Balaban J connectivity index is 1.90. The van der Waals surface area contributed by atoms with Gasteiger partial charge in [-0.25, -0.2) is 0 Å². The summed E-state index contributed by atoms with van der Waals surface area (Å²) < 4.78 is 5.91. The zero-order valence-corrected chi connectivity index (χ0v) is 10.1. The van der Waals surface area contributed by atoms with Crippen LogP contribution in [0.25, 0.3) is 0 Å². The molecule has 1 aromatic carbocycles. The molecule has 1 aliphatic heterocycles. The van der Waals surface area contributed by atoms with Gasteiger partial charge in [-0.2, -0.15) is 5.26 Å². The molecule has 2 rings (SSSR count). The maximum Gasteiger partial charge on any atom is 0.0991 e. The summed E-state index contributed by atoms with van der Waals surface area (Å²) in [5, 5.41) is 12.2. The van der Waals surface area contributed by atoms with Crippen LogP contribution in [0.15, 0.2) is 24.3 Å². The van der Waals surface area contributed by atoms with Gasteiger partial charge in [0.05, 0.1) is 24.3 Å². The molecule has 0 aromatic heterocycles.